The molecule has 0 N–H and O–H groups in total. The van der Waals surface area contributed by atoms with E-state index < -0.39 is 5.97 Å². The van der Waals surface area contributed by atoms with Gasteiger partial charge in [0.25, 0.3) is 0 Å². The van der Waals surface area contributed by atoms with Crippen molar-refractivity contribution < 1.29 is 19.0 Å². The van der Waals surface area contributed by atoms with Crippen LogP contribution in [-0.2, 0) is 19.0 Å². The number of hydrogen-bond donors (Lipinski definition) is 0. The third-order valence-electron chi connectivity index (χ3n) is 1.00. The summed E-state index contributed by atoms with van der Waals surface area (Å²) in [5.41, 5.74) is 0. The first-order chi connectivity index (χ1) is 5.81. The second-order valence-electron chi connectivity index (χ2n) is 1.89. The van der Waals surface area contributed by atoms with Gasteiger partial charge in [0.1, 0.15) is 13.2 Å². The maximum atomic E-state index is 10.5. The van der Waals surface area contributed by atoms with Gasteiger partial charge in [-0.15, -0.1) is 6.42 Å². The molecule has 4 nitrogen and oxygen atoms in total. The third kappa shape index (κ3) is 7.06. The van der Waals surface area contributed by atoms with Crippen LogP contribution in [0.1, 0.15) is 0 Å². The molecule has 0 aliphatic heterocycles. The van der Waals surface area contributed by atoms with Crippen molar-refractivity contribution in [1.29, 1.82) is 0 Å². The zero-order valence-corrected chi connectivity index (χ0v) is 7.04. The highest BCUT2D eigenvalue weighted by Crippen LogP contribution is 1.80. The smallest absolute Gasteiger partial charge is 0.331 e. The van der Waals surface area contributed by atoms with Crippen LogP contribution < -0.4 is 0 Å². The van der Waals surface area contributed by atoms with Gasteiger partial charge in [0.2, 0.25) is 0 Å². The molecule has 4 heteroatoms. The van der Waals surface area contributed by atoms with E-state index in [1.165, 1.54) is 7.11 Å². The van der Waals surface area contributed by atoms with Crippen LogP contribution >= 0.6 is 0 Å². The fourth-order valence-corrected chi connectivity index (χ4v) is 0.463. The Balaban J connectivity index is 3.01. The highest BCUT2D eigenvalue weighted by atomic mass is 16.6. The Labute approximate surface area is 71.8 Å². The van der Waals surface area contributed by atoms with E-state index in [4.69, 9.17) is 15.9 Å². The van der Waals surface area contributed by atoms with Crippen LogP contribution in [0, 0.1) is 12.3 Å². The predicted octanol–water partition coefficient (Wildman–Crippen LogP) is -0.174. The Morgan fingerprint density at radius 3 is 2.67 bits per heavy atom. The highest BCUT2D eigenvalue weighted by Gasteiger charge is 1.97. The van der Waals surface area contributed by atoms with Gasteiger partial charge < -0.3 is 14.2 Å². The molecule has 0 spiro atoms. The van der Waals surface area contributed by atoms with E-state index in [1.54, 1.807) is 0 Å². The summed E-state index contributed by atoms with van der Waals surface area (Å²) in [7, 11) is 1.31. The summed E-state index contributed by atoms with van der Waals surface area (Å²) in [4.78, 5) is 10.5. The highest BCUT2D eigenvalue weighted by molar-refractivity contribution is 5.70. The summed E-state index contributed by atoms with van der Waals surface area (Å²) in [5.74, 6) is 1.91. The van der Waals surface area contributed by atoms with Crippen molar-refractivity contribution in [3.63, 3.8) is 0 Å². The van der Waals surface area contributed by atoms with Crippen LogP contribution in [-0.4, -0.2) is 39.5 Å². The van der Waals surface area contributed by atoms with Crippen molar-refractivity contribution in [1.82, 2.24) is 0 Å². The number of ether oxygens (including phenoxy) is 3. The molecule has 0 aliphatic rings. The second-order valence-corrected chi connectivity index (χ2v) is 1.89. The largest absolute Gasteiger partial charge is 0.467 e. The molecule has 0 saturated heterocycles. The second kappa shape index (κ2) is 8.05. The average molecular weight is 172 g/mol. The van der Waals surface area contributed by atoms with Crippen LogP contribution in [0.5, 0.6) is 0 Å². The molecule has 0 saturated carbocycles. The topological polar surface area (TPSA) is 44.8 Å². The number of carbonyl (C=O) groups excluding carboxylic acids is 1. The first-order valence-corrected chi connectivity index (χ1v) is 3.47. The molecule has 0 amide bonds. The lowest BCUT2D eigenvalue weighted by molar-refractivity contribution is -0.146. The van der Waals surface area contributed by atoms with Gasteiger partial charge in [-0.3, -0.25) is 0 Å². The van der Waals surface area contributed by atoms with Crippen molar-refractivity contribution in [2.75, 3.05) is 33.5 Å². The molecular weight excluding hydrogens is 160 g/mol. The SMILES string of the molecule is C#CCOCCOCC(=O)OC. The summed E-state index contributed by atoms with van der Waals surface area (Å²) in [6.45, 7) is 0.954. The Morgan fingerprint density at radius 1 is 1.42 bits per heavy atom. The molecule has 0 radical (unpaired) electrons. The van der Waals surface area contributed by atoms with Crippen molar-refractivity contribution in [2.24, 2.45) is 0 Å². The molecule has 68 valence electrons. The maximum absolute atomic E-state index is 10.5. The molecule has 0 atom stereocenters. The summed E-state index contributed by atoms with van der Waals surface area (Å²) >= 11 is 0. The molecule has 0 aromatic heterocycles. The van der Waals surface area contributed by atoms with Gasteiger partial charge in [0.15, 0.2) is 0 Å². The minimum absolute atomic E-state index is 0.0457. The monoisotopic (exact) mass is 172 g/mol. The summed E-state index contributed by atoms with van der Waals surface area (Å²) in [5, 5.41) is 0. The van der Waals surface area contributed by atoms with E-state index in [2.05, 4.69) is 10.7 Å². The Hall–Kier alpha value is -1.05. The minimum atomic E-state index is -0.396. The molecule has 0 aromatic rings. The third-order valence-corrected chi connectivity index (χ3v) is 1.00. The van der Waals surface area contributed by atoms with Gasteiger partial charge in [-0.2, -0.15) is 0 Å². The average Bonchev–Trinajstić information content (AvgIpc) is 2.10. The molecule has 0 unspecified atom stereocenters. The first kappa shape index (κ1) is 11.0. The van der Waals surface area contributed by atoms with Crippen molar-refractivity contribution >= 4 is 5.97 Å². The van der Waals surface area contributed by atoms with E-state index in [9.17, 15) is 4.79 Å². The summed E-state index contributed by atoms with van der Waals surface area (Å²) < 4.78 is 14.1. The lowest BCUT2D eigenvalue weighted by Gasteiger charge is -2.01. The predicted molar refractivity (Wildman–Crippen MR) is 42.5 cm³/mol. The maximum Gasteiger partial charge on any atom is 0.331 e. The van der Waals surface area contributed by atoms with E-state index in [-0.39, 0.29) is 13.2 Å². The molecule has 0 bridgehead atoms. The van der Waals surface area contributed by atoms with E-state index in [0.29, 0.717) is 13.2 Å². The number of rotatable bonds is 6. The van der Waals surface area contributed by atoms with E-state index in [1.807, 2.05) is 0 Å². The van der Waals surface area contributed by atoms with Crippen molar-refractivity contribution in [3.05, 3.63) is 0 Å². The molecule has 0 aliphatic carbocycles. The van der Waals surface area contributed by atoms with Crippen LogP contribution in [0.4, 0.5) is 0 Å². The van der Waals surface area contributed by atoms with Crippen LogP contribution in [0.15, 0.2) is 0 Å². The number of esters is 1. The molecule has 12 heavy (non-hydrogen) atoms. The van der Waals surface area contributed by atoms with Gasteiger partial charge >= 0.3 is 5.97 Å². The van der Waals surface area contributed by atoms with Gasteiger partial charge in [0.05, 0.1) is 20.3 Å². The Bertz CT molecular complexity index is 159. The Kier molecular flexibility index (Phi) is 7.35. The summed E-state index contributed by atoms with van der Waals surface area (Å²) in [6, 6.07) is 0. The number of terminal acetylenes is 1. The van der Waals surface area contributed by atoms with Crippen molar-refractivity contribution in [3.8, 4) is 12.3 Å². The lowest BCUT2D eigenvalue weighted by Crippen LogP contribution is -2.13. The number of methoxy groups -OCH3 is 1. The van der Waals surface area contributed by atoms with E-state index in [0.717, 1.165) is 0 Å². The fraction of sp³-hybridized carbons (Fsp3) is 0.625. The zero-order valence-electron chi connectivity index (χ0n) is 7.04. The summed E-state index contributed by atoms with van der Waals surface area (Å²) in [6.07, 6.45) is 4.92. The van der Waals surface area contributed by atoms with Crippen LogP contribution in [0.2, 0.25) is 0 Å². The minimum Gasteiger partial charge on any atom is -0.467 e. The Morgan fingerprint density at radius 2 is 2.08 bits per heavy atom. The number of carbonyl (C=O) groups is 1. The van der Waals surface area contributed by atoms with Crippen molar-refractivity contribution in [2.45, 2.75) is 0 Å². The molecule has 0 aromatic carbocycles. The van der Waals surface area contributed by atoms with Gasteiger partial charge in [-0.1, -0.05) is 5.92 Å². The normalized spacial score (nSPS) is 9.00. The molecule has 0 fully saturated rings. The van der Waals surface area contributed by atoms with Crippen LogP contribution in [0.3, 0.4) is 0 Å². The molecule has 0 rings (SSSR count). The van der Waals surface area contributed by atoms with E-state index >= 15 is 0 Å². The fourth-order valence-electron chi connectivity index (χ4n) is 0.463. The first-order valence-electron chi connectivity index (χ1n) is 3.47. The standard InChI is InChI=1S/C8H12O4/c1-3-4-11-5-6-12-7-8(9)10-2/h1H,4-7H2,2H3. The number of hydrogen-bond acceptors (Lipinski definition) is 4. The van der Waals surface area contributed by atoms with Gasteiger partial charge in [-0.05, 0) is 0 Å². The molecular formula is C8H12O4. The zero-order chi connectivity index (χ0) is 9.23. The lowest BCUT2D eigenvalue weighted by atomic mass is 10.7. The van der Waals surface area contributed by atoms with Gasteiger partial charge in [0, 0.05) is 0 Å². The quantitative estimate of drug-likeness (QED) is 0.317. The molecule has 0 heterocycles. The van der Waals surface area contributed by atoms with Gasteiger partial charge in [-0.25, -0.2) is 4.79 Å². The van der Waals surface area contributed by atoms with Crippen LogP contribution in [0.25, 0.3) is 0 Å².